The first-order chi connectivity index (χ1) is 11.0. The monoisotopic (exact) mass is 333 g/mol. The number of thiophene rings is 1. The molecule has 0 unspecified atom stereocenters. The maximum Gasteiger partial charge on any atom is 0.281 e. The molecule has 1 aliphatic rings. The fourth-order valence-corrected chi connectivity index (χ4v) is 4.41. The van der Waals surface area contributed by atoms with Gasteiger partial charge in [-0.1, -0.05) is 20.8 Å². The molecule has 0 saturated carbocycles. The molecule has 0 fully saturated rings. The number of aromatic nitrogens is 2. The molecular formula is C17H23N3O2S. The minimum Gasteiger partial charge on any atom is -0.273 e. The Bertz CT molecular complexity index is 804. The maximum absolute atomic E-state index is 13.0. The van der Waals surface area contributed by atoms with E-state index in [1.807, 2.05) is 20.8 Å². The van der Waals surface area contributed by atoms with Crippen LogP contribution in [0, 0.1) is 5.92 Å². The number of aryl methyl sites for hydroxylation is 3. The molecule has 0 radical (unpaired) electrons. The summed E-state index contributed by atoms with van der Waals surface area (Å²) in [7, 11) is 0. The summed E-state index contributed by atoms with van der Waals surface area (Å²) in [5.74, 6) is 0.738. The molecule has 5 nitrogen and oxygen atoms in total. The molecule has 124 valence electrons. The van der Waals surface area contributed by atoms with Gasteiger partial charge in [-0.15, -0.1) is 11.3 Å². The van der Waals surface area contributed by atoms with Crippen LogP contribution in [0.2, 0.25) is 0 Å². The Morgan fingerprint density at radius 1 is 1.35 bits per heavy atom. The molecule has 0 atom stereocenters. The molecule has 0 aromatic carbocycles. The average molecular weight is 333 g/mol. The van der Waals surface area contributed by atoms with Crippen molar-refractivity contribution in [2.75, 3.05) is 5.43 Å². The highest BCUT2D eigenvalue weighted by atomic mass is 32.1. The molecule has 23 heavy (non-hydrogen) atoms. The summed E-state index contributed by atoms with van der Waals surface area (Å²) >= 11 is 1.64. The molecule has 0 spiro atoms. The first kappa shape index (κ1) is 16.2. The van der Waals surface area contributed by atoms with Crippen molar-refractivity contribution >= 4 is 27.5 Å². The zero-order chi connectivity index (χ0) is 16.6. The largest absolute Gasteiger partial charge is 0.281 e. The summed E-state index contributed by atoms with van der Waals surface area (Å²) in [5, 5.41) is 0.715. The van der Waals surface area contributed by atoms with Gasteiger partial charge in [0.25, 0.3) is 5.56 Å². The Morgan fingerprint density at radius 3 is 2.78 bits per heavy atom. The van der Waals surface area contributed by atoms with E-state index in [1.165, 1.54) is 16.0 Å². The van der Waals surface area contributed by atoms with E-state index < -0.39 is 0 Å². The van der Waals surface area contributed by atoms with Crippen molar-refractivity contribution in [1.29, 1.82) is 0 Å². The Labute approximate surface area is 139 Å². The SMILES string of the molecule is CCc1nc2sc3c(c2c(=O)n1NC(=O)CC(C)C)CCCC3. The van der Waals surface area contributed by atoms with Crippen LogP contribution < -0.4 is 11.0 Å². The minimum absolute atomic E-state index is 0.122. The number of rotatable bonds is 4. The second-order valence-corrected chi connectivity index (χ2v) is 7.63. The van der Waals surface area contributed by atoms with Crippen molar-refractivity contribution in [3.8, 4) is 0 Å². The molecule has 0 bridgehead atoms. The standard InChI is InChI=1S/C17H23N3O2S/c1-4-13-18-16-15(11-7-5-6-8-12(11)23-16)17(22)20(13)19-14(21)9-10(2)3/h10H,4-9H2,1-3H3,(H,19,21). The van der Waals surface area contributed by atoms with Crippen molar-refractivity contribution in [1.82, 2.24) is 9.66 Å². The summed E-state index contributed by atoms with van der Waals surface area (Å²) in [6.45, 7) is 5.92. The van der Waals surface area contributed by atoms with Crippen molar-refractivity contribution < 1.29 is 4.79 Å². The van der Waals surface area contributed by atoms with E-state index in [4.69, 9.17) is 0 Å². The number of hydrogen-bond acceptors (Lipinski definition) is 4. The molecule has 2 aromatic rings. The smallest absolute Gasteiger partial charge is 0.273 e. The highest BCUT2D eigenvalue weighted by Gasteiger charge is 2.22. The lowest BCUT2D eigenvalue weighted by molar-refractivity contribution is -0.117. The van der Waals surface area contributed by atoms with Gasteiger partial charge >= 0.3 is 0 Å². The molecule has 1 amide bonds. The molecule has 1 aliphatic carbocycles. The topological polar surface area (TPSA) is 64.0 Å². The number of amides is 1. The number of fused-ring (bicyclic) bond motifs is 3. The Hall–Kier alpha value is -1.69. The second-order valence-electron chi connectivity index (χ2n) is 6.55. The van der Waals surface area contributed by atoms with Gasteiger partial charge in [0.2, 0.25) is 5.91 Å². The van der Waals surface area contributed by atoms with Gasteiger partial charge in [0.1, 0.15) is 10.7 Å². The summed E-state index contributed by atoms with van der Waals surface area (Å²) in [6, 6.07) is 0. The van der Waals surface area contributed by atoms with Crippen LogP contribution in [0.3, 0.4) is 0 Å². The van der Waals surface area contributed by atoms with E-state index in [1.54, 1.807) is 11.3 Å². The van der Waals surface area contributed by atoms with Gasteiger partial charge in [0, 0.05) is 17.7 Å². The minimum atomic E-state index is -0.137. The fourth-order valence-electron chi connectivity index (χ4n) is 3.14. The molecule has 0 aliphatic heterocycles. The third kappa shape index (κ3) is 3.04. The lowest BCUT2D eigenvalue weighted by Crippen LogP contribution is -2.36. The van der Waals surface area contributed by atoms with Gasteiger partial charge in [-0.3, -0.25) is 15.0 Å². The van der Waals surface area contributed by atoms with Crippen LogP contribution in [-0.2, 0) is 24.1 Å². The van der Waals surface area contributed by atoms with Crippen molar-refractivity contribution in [2.45, 2.75) is 59.3 Å². The van der Waals surface area contributed by atoms with Crippen LogP contribution in [0.4, 0.5) is 0 Å². The van der Waals surface area contributed by atoms with Crippen LogP contribution in [0.1, 0.15) is 56.3 Å². The maximum atomic E-state index is 13.0. The lowest BCUT2D eigenvalue weighted by atomic mass is 9.97. The summed E-state index contributed by atoms with van der Waals surface area (Å²) in [4.78, 5) is 31.9. The highest BCUT2D eigenvalue weighted by molar-refractivity contribution is 7.18. The Kier molecular flexibility index (Phi) is 4.53. The normalized spacial score (nSPS) is 14.3. The summed E-state index contributed by atoms with van der Waals surface area (Å²) in [6.07, 6.45) is 5.28. The quantitative estimate of drug-likeness (QED) is 0.935. The van der Waals surface area contributed by atoms with Gasteiger partial charge in [-0.2, -0.15) is 0 Å². The number of nitrogens with zero attached hydrogens (tertiary/aromatic N) is 2. The third-order valence-electron chi connectivity index (χ3n) is 4.20. The molecule has 0 saturated heterocycles. The molecule has 2 heterocycles. The van der Waals surface area contributed by atoms with E-state index in [2.05, 4.69) is 10.4 Å². The highest BCUT2D eigenvalue weighted by Crippen LogP contribution is 2.33. The number of carbonyl (C=O) groups excluding carboxylic acids is 1. The average Bonchev–Trinajstić information content (AvgIpc) is 2.87. The van der Waals surface area contributed by atoms with E-state index in [0.717, 1.165) is 29.7 Å². The van der Waals surface area contributed by atoms with Crippen LogP contribution in [0.5, 0.6) is 0 Å². The summed E-state index contributed by atoms with van der Waals surface area (Å²) in [5.41, 5.74) is 3.79. The zero-order valence-electron chi connectivity index (χ0n) is 13.9. The Balaban J connectivity index is 2.11. The molecule has 2 aromatic heterocycles. The number of hydrogen-bond donors (Lipinski definition) is 1. The molecule has 3 rings (SSSR count). The fraction of sp³-hybridized carbons (Fsp3) is 0.588. The Morgan fingerprint density at radius 2 is 2.09 bits per heavy atom. The number of carbonyl (C=O) groups is 1. The zero-order valence-corrected chi connectivity index (χ0v) is 14.8. The van der Waals surface area contributed by atoms with E-state index in [0.29, 0.717) is 24.1 Å². The summed E-state index contributed by atoms with van der Waals surface area (Å²) < 4.78 is 1.37. The van der Waals surface area contributed by atoms with Gasteiger partial charge in [-0.25, -0.2) is 9.66 Å². The van der Waals surface area contributed by atoms with Crippen molar-refractivity contribution in [3.05, 3.63) is 26.6 Å². The van der Waals surface area contributed by atoms with Crippen molar-refractivity contribution in [3.63, 3.8) is 0 Å². The third-order valence-corrected chi connectivity index (χ3v) is 5.39. The van der Waals surface area contributed by atoms with E-state index >= 15 is 0 Å². The van der Waals surface area contributed by atoms with Crippen LogP contribution in [0.25, 0.3) is 10.2 Å². The van der Waals surface area contributed by atoms with Crippen LogP contribution in [-0.4, -0.2) is 15.6 Å². The first-order valence-corrected chi connectivity index (χ1v) is 9.19. The van der Waals surface area contributed by atoms with Crippen LogP contribution in [0.15, 0.2) is 4.79 Å². The second kappa shape index (κ2) is 6.43. The lowest BCUT2D eigenvalue weighted by Gasteiger charge is -2.14. The predicted octanol–water partition coefficient (Wildman–Crippen LogP) is 3.02. The molecule has 1 N–H and O–H groups in total. The number of nitrogens with one attached hydrogen (secondary N) is 1. The molecular weight excluding hydrogens is 310 g/mol. The van der Waals surface area contributed by atoms with E-state index in [-0.39, 0.29) is 17.4 Å². The van der Waals surface area contributed by atoms with Gasteiger partial charge in [0.15, 0.2) is 0 Å². The van der Waals surface area contributed by atoms with Gasteiger partial charge < -0.3 is 0 Å². The van der Waals surface area contributed by atoms with E-state index in [9.17, 15) is 9.59 Å². The first-order valence-electron chi connectivity index (χ1n) is 8.37. The van der Waals surface area contributed by atoms with Gasteiger partial charge in [-0.05, 0) is 37.2 Å². The molecule has 6 heteroatoms. The van der Waals surface area contributed by atoms with Gasteiger partial charge in [0.05, 0.1) is 5.39 Å². The predicted molar refractivity (Wildman–Crippen MR) is 93.7 cm³/mol. The van der Waals surface area contributed by atoms with Crippen molar-refractivity contribution in [2.24, 2.45) is 5.92 Å². The van der Waals surface area contributed by atoms with Crippen LogP contribution >= 0.6 is 11.3 Å².